The van der Waals surface area contributed by atoms with Crippen molar-refractivity contribution in [2.75, 3.05) is 32.7 Å². The van der Waals surface area contributed by atoms with Gasteiger partial charge in [0.25, 0.3) is 5.91 Å². The minimum Gasteiger partial charge on any atom is -0.484 e. The molecule has 0 bridgehead atoms. The number of fused-ring (bicyclic) bond motifs is 1. The molecule has 1 fully saturated rings. The molecule has 38 heavy (non-hydrogen) atoms. The topological polar surface area (TPSA) is 96.2 Å². The van der Waals surface area contributed by atoms with Crippen LogP contribution in [0.4, 0.5) is 4.39 Å². The molecule has 0 unspecified atom stereocenters. The molecule has 3 aromatic rings. The number of nitrogens with zero attached hydrogens (tertiary/aromatic N) is 4. The summed E-state index contributed by atoms with van der Waals surface area (Å²) in [4.78, 5) is 46.2. The number of oxazole rings is 1. The molecule has 9 nitrogen and oxygen atoms in total. The van der Waals surface area contributed by atoms with E-state index in [1.54, 1.807) is 26.8 Å². The van der Waals surface area contributed by atoms with E-state index in [-0.39, 0.29) is 47.8 Å². The molecule has 1 aromatic heterocycles. The normalized spacial score (nSPS) is 17.2. The third kappa shape index (κ3) is 5.25. The molecule has 10 heteroatoms. The molecule has 0 radical (unpaired) electrons. The van der Waals surface area contributed by atoms with Crippen LogP contribution in [0.25, 0.3) is 0 Å². The van der Waals surface area contributed by atoms with E-state index >= 15 is 0 Å². The number of hydrogen-bond acceptors (Lipinski definition) is 6. The van der Waals surface area contributed by atoms with E-state index in [0.29, 0.717) is 44.9 Å². The van der Waals surface area contributed by atoms with Crippen LogP contribution in [-0.2, 0) is 22.6 Å². The summed E-state index contributed by atoms with van der Waals surface area (Å²) in [5.41, 5.74) is 3.03. The number of aromatic nitrogens is 1. The van der Waals surface area contributed by atoms with Gasteiger partial charge in [0.15, 0.2) is 12.3 Å². The Morgan fingerprint density at radius 3 is 2.37 bits per heavy atom. The standard InChI is InChI=1S/C28H29FN4O5/c1-18(34)31-11-13-32(14-12-31)28(36)25-16-38-26(30-25)17-37-23-8-5-20-9-10-33(19(2)35)27(24(20)15-23)21-3-6-22(29)7-4-21/h3-8,15-16,27H,9-14,17H2,1-2H3/t27-/m1/s1. The zero-order valence-corrected chi connectivity index (χ0v) is 21.4. The van der Waals surface area contributed by atoms with Crippen LogP contribution in [0.2, 0.25) is 0 Å². The van der Waals surface area contributed by atoms with Crippen LogP contribution in [0, 0.1) is 5.82 Å². The van der Waals surface area contributed by atoms with Gasteiger partial charge in [0.05, 0.1) is 6.04 Å². The van der Waals surface area contributed by atoms with Gasteiger partial charge in [-0.2, -0.15) is 0 Å². The summed E-state index contributed by atoms with van der Waals surface area (Å²) < 4.78 is 25.0. The minimum atomic E-state index is -0.352. The van der Waals surface area contributed by atoms with E-state index < -0.39 is 0 Å². The number of ether oxygens (including phenoxy) is 1. The van der Waals surface area contributed by atoms with Crippen LogP contribution >= 0.6 is 0 Å². The number of amides is 3. The lowest BCUT2D eigenvalue weighted by molar-refractivity contribution is -0.131. The Balaban J connectivity index is 1.28. The first-order valence-corrected chi connectivity index (χ1v) is 12.6. The second kappa shape index (κ2) is 10.6. The van der Waals surface area contributed by atoms with Crippen LogP contribution in [0.15, 0.2) is 53.1 Å². The smallest absolute Gasteiger partial charge is 0.275 e. The summed E-state index contributed by atoms with van der Waals surface area (Å²) in [6.45, 7) is 5.51. The molecule has 2 aromatic carbocycles. The van der Waals surface area contributed by atoms with Crippen molar-refractivity contribution < 1.29 is 27.9 Å². The molecule has 5 rings (SSSR count). The summed E-state index contributed by atoms with van der Waals surface area (Å²) in [6, 6.07) is 11.6. The van der Waals surface area contributed by atoms with Gasteiger partial charge in [0.2, 0.25) is 17.7 Å². The van der Waals surface area contributed by atoms with Crippen molar-refractivity contribution in [3.8, 4) is 5.75 Å². The van der Waals surface area contributed by atoms with E-state index in [9.17, 15) is 18.8 Å². The molecule has 1 atom stereocenters. The number of rotatable bonds is 5. The highest BCUT2D eigenvalue weighted by Crippen LogP contribution is 2.37. The summed E-state index contributed by atoms with van der Waals surface area (Å²) in [5, 5.41) is 0. The maximum Gasteiger partial charge on any atom is 0.275 e. The quantitative estimate of drug-likeness (QED) is 0.513. The number of halogens is 1. The van der Waals surface area contributed by atoms with Gasteiger partial charge < -0.3 is 23.9 Å². The predicted octanol–water partition coefficient (Wildman–Crippen LogP) is 3.19. The van der Waals surface area contributed by atoms with Gasteiger partial charge in [-0.1, -0.05) is 18.2 Å². The molecule has 2 aliphatic heterocycles. The predicted molar refractivity (Wildman–Crippen MR) is 135 cm³/mol. The lowest BCUT2D eigenvalue weighted by atomic mass is 9.88. The summed E-state index contributed by atoms with van der Waals surface area (Å²) in [7, 11) is 0. The highest BCUT2D eigenvalue weighted by atomic mass is 19.1. The lowest BCUT2D eigenvalue weighted by Crippen LogP contribution is -2.50. The monoisotopic (exact) mass is 520 g/mol. The fourth-order valence-corrected chi connectivity index (χ4v) is 5.03. The molecule has 0 aliphatic carbocycles. The number of carbonyl (C=O) groups is 3. The van der Waals surface area contributed by atoms with Crippen molar-refractivity contribution in [2.45, 2.75) is 32.9 Å². The zero-order chi connectivity index (χ0) is 26.8. The fraction of sp³-hybridized carbons (Fsp3) is 0.357. The molecular formula is C28H29FN4O5. The largest absolute Gasteiger partial charge is 0.484 e. The van der Waals surface area contributed by atoms with Crippen LogP contribution < -0.4 is 4.74 Å². The van der Waals surface area contributed by atoms with Crippen molar-refractivity contribution in [3.63, 3.8) is 0 Å². The molecule has 3 heterocycles. The Morgan fingerprint density at radius 1 is 0.974 bits per heavy atom. The van der Waals surface area contributed by atoms with Gasteiger partial charge in [0, 0.05) is 46.6 Å². The maximum atomic E-state index is 13.6. The van der Waals surface area contributed by atoms with E-state index in [4.69, 9.17) is 9.15 Å². The Labute approximate surface area is 219 Å². The average Bonchev–Trinajstić information content (AvgIpc) is 3.40. The molecule has 1 saturated heterocycles. The molecule has 0 saturated carbocycles. The van der Waals surface area contributed by atoms with Gasteiger partial charge in [-0.3, -0.25) is 14.4 Å². The van der Waals surface area contributed by atoms with Gasteiger partial charge >= 0.3 is 0 Å². The second-order valence-electron chi connectivity index (χ2n) is 9.49. The number of hydrogen-bond donors (Lipinski definition) is 0. The number of benzene rings is 2. The van der Waals surface area contributed by atoms with E-state index in [0.717, 1.165) is 16.7 Å². The summed E-state index contributed by atoms with van der Waals surface area (Å²) >= 11 is 0. The van der Waals surface area contributed by atoms with E-state index in [1.807, 2.05) is 18.2 Å². The lowest BCUT2D eigenvalue weighted by Gasteiger charge is -2.37. The molecular weight excluding hydrogens is 491 g/mol. The molecule has 198 valence electrons. The zero-order valence-electron chi connectivity index (χ0n) is 21.4. The Morgan fingerprint density at radius 2 is 1.68 bits per heavy atom. The van der Waals surface area contributed by atoms with Gasteiger partial charge in [-0.05, 0) is 47.4 Å². The summed E-state index contributed by atoms with van der Waals surface area (Å²) in [6.07, 6.45) is 2.03. The van der Waals surface area contributed by atoms with Crippen LogP contribution in [0.3, 0.4) is 0 Å². The van der Waals surface area contributed by atoms with Crippen molar-refractivity contribution in [3.05, 3.63) is 82.8 Å². The Bertz CT molecular complexity index is 1350. The first kappa shape index (κ1) is 25.4. The highest BCUT2D eigenvalue weighted by Gasteiger charge is 2.31. The van der Waals surface area contributed by atoms with Gasteiger partial charge in [0.1, 0.15) is 17.8 Å². The van der Waals surface area contributed by atoms with Crippen LogP contribution in [-0.4, -0.2) is 70.1 Å². The van der Waals surface area contributed by atoms with E-state index in [1.165, 1.54) is 32.2 Å². The van der Waals surface area contributed by atoms with Crippen LogP contribution in [0.1, 0.15) is 53.0 Å². The van der Waals surface area contributed by atoms with Crippen molar-refractivity contribution >= 4 is 17.7 Å². The van der Waals surface area contributed by atoms with Crippen molar-refractivity contribution in [1.29, 1.82) is 0 Å². The average molecular weight is 521 g/mol. The van der Waals surface area contributed by atoms with Gasteiger partial charge in [-0.25, -0.2) is 9.37 Å². The summed E-state index contributed by atoms with van der Waals surface area (Å²) in [5.74, 6) is 0.178. The second-order valence-corrected chi connectivity index (χ2v) is 9.49. The van der Waals surface area contributed by atoms with Crippen molar-refractivity contribution in [2.24, 2.45) is 0 Å². The number of piperazine rings is 1. The molecule has 0 spiro atoms. The van der Waals surface area contributed by atoms with E-state index in [2.05, 4.69) is 4.98 Å². The Hall–Kier alpha value is -4.21. The van der Waals surface area contributed by atoms with Crippen molar-refractivity contribution in [1.82, 2.24) is 19.7 Å². The number of carbonyl (C=O) groups excluding carboxylic acids is 3. The maximum absolute atomic E-state index is 13.6. The minimum absolute atomic E-state index is 0.00173. The van der Waals surface area contributed by atoms with Gasteiger partial charge in [-0.15, -0.1) is 0 Å². The first-order chi connectivity index (χ1) is 18.3. The highest BCUT2D eigenvalue weighted by molar-refractivity contribution is 5.92. The fourth-order valence-electron chi connectivity index (χ4n) is 5.03. The first-order valence-electron chi connectivity index (χ1n) is 12.6. The molecule has 2 aliphatic rings. The Kier molecular flexibility index (Phi) is 7.13. The third-order valence-electron chi connectivity index (χ3n) is 7.08. The van der Waals surface area contributed by atoms with Crippen LogP contribution in [0.5, 0.6) is 5.75 Å². The molecule has 0 N–H and O–H groups in total. The SMILES string of the molecule is CC(=O)N1CCN(C(=O)c2coc(COc3ccc4c(c3)[C@@H](c3ccc(F)cc3)N(C(C)=O)CC4)n2)CC1. The molecule has 3 amide bonds. The third-order valence-corrected chi connectivity index (χ3v) is 7.08.